The largest absolute Gasteiger partial charge is 0.393 e. The molecule has 8 heteroatoms. The number of fused-ring (bicyclic) bond motifs is 8. The first kappa shape index (κ1) is 35.4. The van der Waals surface area contributed by atoms with E-state index in [1.54, 1.807) is 11.0 Å². The van der Waals surface area contributed by atoms with Gasteiger partial charge in [-0.25, -0.2) is 13.6 Å². The van der Waals surface area contributed by atoms with Gasteiger partial charge in [-0.2, -0.15) is 0 Å². The number of aliphatic hydroxyl groups excluding tert-OH is 1. The van der Waals surface area contributed by atoms with Gasteiger partial charge in [-0.3, -0.25) is 4.79 Å². The smallest absolute Gasteiger partial charge is 0.317 e. The summed E-state index contributed by atoms with van der Waals surface area (Å²) in [6.07, 6.45) is 5.38. The fourth-order valence-corrected chi connectivity index (χ4v) is 7.65. The number of rotatable bonds is 7. The van der Waals surface area contributed by atoms with E-state index in [9.17, 15) is 28.6 Å². The molecule has 3 aliphatic carbocycles. The molecule has 4 atom stereocenters. The third kappa shape index (κ3) is 7.71. The molecule has 0 saturated heterocycles. The number of amides is 2. The van der Waals surface area contributed by atoms with E-state index in [1.165, 1.54) is 6.07 Å². The summed E-state index contributed by atoms with van der Waals surface area (Å²) >= 11 is 0. The second-order valence-corrected chi connectivity index (χ2v) is 14.4. The Labute approximate surface area is 282 Å². The number of nitrogens with one attached hydrogen (secondary N) is 1. The highest BCUT2D eigenvalue weighted by molar-refractivity contribution is 6.10. The predicted octanol–water partition coefficient (Wildman–Crippen LogP) is 7.85. The van der Waals surface area contributed by atoms with Crippen LogP contribution < -0.4 is 5.32 Å². The minimum atomic E-state index is -1.31. The Balaban J connectivity index is 1.60. The zero-order valence-electron chi connectivity index (χ0n) is 28.4. The predicted molar refractivity (Wildman–Crippen MR) is 184 cm³/mol. The summed E-state index contributed by atoms with van der Waals surface area (Å²) in [6, 6.07) is 18.1. The number of hydrogen-bond donors (Lipinski definition) is 3. The van der Waals surface area contributed by atoms with E-state index in [0.29, 0.717) is 57.1 Å². The van der Waals surface area contributed by atoms with Crippen molar-refractivity contribution in [1.29, 1.82) is 0 Å². The fourth-order valence-electron chi connectivity index (χ4n) is 7.65. The van der Waals surface area contributed by atoms with Crippen LogP contribution in [-0.2, 0) is 13.0 Å². The van der Waals surface area contributed by atoms with Crippen LogP contribution in [0.1, 0.15) is 105 Å². The molecular weight excluding hydrogens is 610 g/mol. The second kappa shape index (κ2) is 14.7. The third-order valence-electron chi connectivity index (χ3n) is 10.5. The van der Waals surface area contributed by atoms with Crippen molar-refractivity contribution in [1.82, 2.24) is 10.2 Å². The maximum Gasteiger partial charge on any atom is 0.317 e. The Bertz CT molecular complexity index is 1660. The van der Waals surface area contributed by atoms with Gasteiger partial charge >= 0.3 is 6.03 Å². The van der Waals surface area contributed by atoms with Crippen molar-refractivity contribution in [2.75, 3.05) is 6.54 Å². The molecule has 1 fully saturated rings. The molecule has 3 aromatic carbocycles. The maximum absolute atomic E-state index is 14.3. The molecule has 0 heterocycles. The molecule has 3 aromatic rings. The highest BCUT2D eigenvalue weighted by Gasteiger charge is 2.57. The molecule has 0 radical (unpaired) electrons. The van der Waals surface area contributed by atoms with E-state index in [-0.39, 0.29) is 30.1 Å². The van der Waals surface area contributed by atoms with Crippen LogP contribution >= 0.6 is 0 Å². The molecule has 2 amide bonds. The topological polar surface area (TPSA) is 89.9 Å². The van der Waals surface area contributed by atoms with Gasteiger partial charge in [0.1, 0.15) is 0 Å². The lowest BCUT2D eigenvalue weighted by molar-refractivity contribution is -0.0781. The van der Waals surface area contributed by atoms with Crippen LogP contribution in [0.3, 0.4) is 0 Å². The van der Waals surface area contributed by atoms with Crippen molar-refractivity contribution < 1.29 is 28.6 Å². The maximum atomic E-state index is 14.3. The number of nitrogens with zero attached hydrogens (tertiary/aromatic N) is 1. The summed E-state index contributed by atoms with van der Waals surface area (Å²) in [7, 11) is 0. The normalized spacial score (nSPS) is 24.5. The van der Waals surface area contributed by atoms with Gasteiger partial charge in [0.2, 0.25) is 0 Å². The van der Waals surface area contributed by atoms with E-state index in [2.05, 4.69) is 25.2 Å². The van der Waals surface area contributed by atoms with Crippen LogP contribution in [0.25, 0.3) is 0 Å². The summed E-state index contributed by atoms with van der Waals surface area (Å²) < 4.78 is 28.2. The quantitative estimate of drug-likeness (QED) is 0.178. The average Bonchev–Trinajstić information content (AvgIpc) is 3.29. The summed E-state index contributed by atoms with van der Waals surface area (Å²) in [5, 5.41) is 26.7. The first-order chi connectivity index (χ1) is 22.8. The van der Waals surface area contributed by atoms with Crippen LogP contribution in [-0.4, -0.2) is 51.2 Å². The van der Waals surface area contributed by atoms with E-state index < -0.39 is 34.5 Å². The molecule has 4 unspecified atom stereocenters. The average molecular weight is 659 g/mol. The van der Waals surface area contributed by atoms with Crippen molar-refractivity contribution in [3.8, 4) is 0 Å². The first-order valence-electron chi connectivity index (χ1n) is 17.1. The van der Waals surface area contributed by atoms with E-state index >= 15 is 0 Å². The van der Waals surface area contributed by atoms with Crippen LogP contribution in [0.4, 0.5) is 13.6 Å². The number of halogens is 2. The first-order valence-corrected chi connectivity index (χ1v) is 17.1. The summed E-state index contributed by atoms with van der Waals surface area (Å²) in [5.41, 5.74) is 1.91. The number of carbonyl (C=O) groups excluding carboxylic acids is 2. The SMILES string of the molecule is CC1=CCCC2(C)C(CCC2(O)CN(Cc2ccccc2)C(=O)NC(C)C)c2ccc(cc2C(=O)c2ccc(F)c(F)c2)CC(O)CC1. The molecule has 0 aromatic heterocycles. The number of aliphatic hydroxyl groups is 2. The number of hydrogen-bond acceptors (Lipinski definition) is 4. The van der Waals surface area contributed by atoms with Crippen LogP contribution in [0.5, 0.6) is 0 Å². The van der Waals surface area contributed by atoms with Gasteiger partial charge in [-0.1, -0.05) is 61.0 Å². The minimum absolute atomic E-state index is 0.0295. The third-order valence-corrected chi connectivity index (χ3v) is 10.5. The number of carbonyl (C=O) groups is 2. The molecular formula is C40H48F2N2O4. The van der Waals surface area contributed by atoms with E-state index in [4.69, 9.17) is 0 Å². The molecule has 256 valence electrons. The van der Waals surface area contributed by atoms with Gasteiger partial charge in [0.15, 0.2) is 17.4 Å². The molecule has 48 heavy (non-hydrogen) atoms. The second-order valence-electron chi connectivity index (χ2n) is 14.4. The number of urea groups is 1. The highest BCUT2D eigenvalue weighted by Crippen LogP contribution is 2.59. The monoisotopic (exact) mass is 658 g/mol. The van der Waals surface area contributed by atoms with Crippen molar-refractivity contribution in [2.45, 2.75) is 103 Å². The molecule has 0 spiro atoms. The zero-order valence-corrected chi connectivity index (χ0v) is 28.4. The van der Waals surface area contributed by atoms with Crippen LogP contribution in [0.15, 0.2) is 78.4 Å². The molecule has 3 N–H and O–H groups in total. The number of ketones is 1. The summed E-state index contributed by atoms with van der Waals surface area (Å²) in [6.45, 7) is 8.33. The zero-order chi connectivity index (χ0) is 34.6. The van der Waals surface area contributed by atoms with Crippen molar-refractivity contribution in [3.63, 3.8) is 0 Å². The lowest BCUT2D eigenvalue weighted by Gasteiger charge is -2.46. The van der Waals surface area contributed by atoms with Gasteiger partial charge in [-0.15, -0.1) is 0 Å². The van der Waals surface area contributed by atoms with Gasteiger partial charge in [0, 0.05) is 29.1 Å². The van der Waals surface area contributed by atoms with E-state index in [1.807, 2.05) is 56.3 Å². The van der Waals surface area contributed by atoms with Crippen molar-refractivity contribution in [3.05, 3.63) is 118 Å². The molecule has 0 aliphatic heterocycles. The molecule has 2 bridgehead atoms. The Morgan fingerprint density at radius 3 is 2.46 bits per heavy atom. The minimum Gasteiger partial charge on any atom is -0.393 e. The fraction of sp³-hybridized carbons (Fsp3) is 0.450. The van der Waals surface area contributed by atoms with Gasteiger partial charge < -0.3 is 20.4 Å². The number of benzene rings is 3. The van der Waals surface area contributed by atoms with Gasteiger partial charge in [-0.05, 0) is 113 Å². The van der Waals surface area contributed by atoms with Gasteiger partial charge in [0.05, 0.1) is 18.2 Å². The Hall–Kier alpha value is -3.88. The molecule has 3 aliphatic rings. The standard InChI is InChI=1S/C40H48F2N2O4/c1-26(2)43-38(47)44(24-28-10-6-5-7-11-28)25-40(48)20-18-34-32-16-13-29(21-31(45)15-12-27(3)9-8-19-39(34,40)4)22-33(32)37(46)30-14-17-35(41)36(42)23-30/h5-7,9-11,13-14,16-17,22-23,26,31,34,45,48H,8,12,15,18-21,24-25H2,1-4H3,(H,43,47). The molecule has 1 saturated carbocycles. The molecule has 6 nitrogen and oxygen atoms in total. The Morgan fingerprint density at radius 2 is 1.75 bits per heavy atom. The van der Waals surface area contributed by atoms with Crippen molar-refractivity contribution >= 4 is 11.8 Å². The Kier molecular flexibility index (Phi) is 10.9. The lowest BCUT2D eigenvalue weighted by Crippen LogP contribution is -2.55. The van der Waals surface area contributed by atoms with Crippen LogP contribution in [0, 0.1) is 17.0 Å². The Morgan fingerprint density at radius 1 is 1.00 bits per heavy atom. The van der Waals surface area contributed by atoms with Crippen molar-refractivity contribution in [2.24, 2.45) is 5.41 Å². The molecule has 6 rings (SSSR count). The lowest BCUT2D eigenvalue weighted by atomic mass is 9.64. The highest BCUT2D eigenvalue weighted by atomic mass is 19.2. The van der Waals surface area contributed by atoms with Crippen LogP contribution in [0.2, 0.25) is 0 Å². The van der Waals surface area contributed by atoms with Gasteiger partial charge in [0.25, 0.3) is 0 Å². The van der Waals surface area contributed by atoms with E-state index in [0.717, 1.165) is 34.4 Å². The summed E-state index contributed by atoms with van der Waals surface area (Å²) in [5.74, 6) is -2.86. The summed E-state index contributed by atoms with van der Waals surface area (Å²) in [4.78, 5) is 29.4. The number of allylic oxidation sites excluding steroid dienone is 2.